The van der Waals surface area contributed by atoms with Gasteiger partial charge in [0.25, 0.3) is 0 Å². The Bertz CT molecular complexity index is 563. The molecule has 0 bridgehead atoms. The van der Waals surface area contributed by atoms with Crippen molar-refractivity contribution >= 4 is 55.2 Å². The molecular formula is C11H11BrIN2P. The van der Waals surface area contributed by atoms with E-state index in [4.69, 9.17) is 0 Å². The number of aryl methyl sites for hydroxylation is 1. The predicted molar refractivity (Wildman–Crippen MR) is 81.9 cm³/mol. The minimum absolute atomic E-state index is 0.663. The molecular weight excluding hydrogens is 398 g/mol. The molecule has 16 heavy (non-hydrogen) atoms. The largest absolute Gasteiger partial charge is 0.237 e. The highest BCUT2D eigenvalue weighted by Gasteiger charge is 2.28. The van der Waals surface area contributed by atoms with Gasteiger partial charge in [-0.2, -0.15) is 5.10 Å². The molecule has 1 unspecified atom stereocenters. The summed E-state index contributed by atoms with van der Waals surface area (Å²) in [6, 6.07) is 2.28. The van der Waals surface area contributed by atoms with Gasteiger partial charge in [0, 0.05) is 9.86 Å². The van der Waals surface area contributed by atoms with Crippen LogP contribution in [0.3, 0.4) is 0 Å². The zero-order valence-corrected chi connectivity index (χ0v) is 13.5. The van der Waals surface area contributed by atoms with Gasteiger partial charge < -0.3 is 0 Å². The Hall–Kier alpha value is 0.330. The van der Waals surface area contributed by atoms with Crippen molar-refractivity contribution in [3.05, 3.63) is 27.9 Å². The van der Waals surface area contributed by atoms with E-state index >= 15 is 0 Å². The first kappa shape index (κ1) is 11.4. The van der Waals surface area contributed by atoms with Crippen LogP contribution >= 0.6 is 44.3 Å². The lowest BCUT2D eigenvalue weighted by Crippen LogP contribution is -1.90. The van der Waals surface area contributed by atoms with Gasteiger partial charge >= 0.3 is 0 Å². The SMILES string of the molecule is Cc1cc2c(cnn2PI)c(Br)c1C1CC1. The molecule has 2 nitrogen and oxygen atoms in total. The summed E-state index contributed by atoms with van der Waals surface area (Å²) in [6.07, 6.45) is 5.33. The molecule has 0 N–H and O–H groups in total. The Balaban J connectivity index is 2.31. The van der Waals surface area contributed by atoms with Gasteiger partial charge in [0.15, 0.2) is 0 Å². The number of halogens is 2. The quantitative estimate of drug-likeness (QED) is 0.516. The van der Waals surface area contributed by atoms with E-state index in [2.05, 4.69) is 60.5 Å². The Morgan fingerprint density at radius 2 is 2.31 bits per heavy atom. The first-order valence-corrected chi connectivity index (χ1v) is 10.1. The van der Waals surface area contributed by atoms with Gasteiger partial charge in [-0.25, -0.2) is 4.45 Å². The van der Waals surface area contributed by atoms with E-state index in [0.717, 1.165) is 5.92 Å². The highest BCUT2D eigenvalue weighted by Crippen LogP contribution is 2.47. The molecule has 0 saturated heterocycles. The fourth-order valence-corrected chi connectivity index (χ4v) is 4.68. The number of rotatable bonds is 2. The lowest BCUT2D eigenvalue weighted by molar-refractivity contribution is 1.04. The standard InChI is InChI=1S/C11H11BrIN2P/c1-6-4-9-8(5-14-15(9)16-13)11(12)10(6)7-2-3-7/h4-5,7,16H,2-3H2,1H3. The lowest BCUT2D eigenvalue weighted by Gasteiger charge is -2.09. The van der Waals surface area contributed by atoms with Gasteiger partial charge in [-0.15, -0.1) is 0 Å². The van der Waals surface area contributed by atoms with Crippen LogP contribution in [0.4, 0.5) is 0 Å². The highest BCUT2D eigenvalue weighted by atomic mass is 127. The zero-order valence-electron chi connectivity index (χ0n) is 8.80. The summed E-state index contributed by atoms with van der Waals surface area (Å²) in [5, 5.41) is 5.69. The number of nitrogens with zero attached hydrogens (tertiary/aromatic N) is 2. The smallest absolute Gasteiger partial charge is 0.0743 e. The van der Waals surface area contributed by atoms with Crippen LogP contribution in [0.15, 0.2) is 16.7 Å². The molecule has 1 aliphatic rings. The van der Waals surface area contributed by atoms with E-state index in [0.29, 0.717) is 6.37 Å². The minimum Gasteiger partial charge on any atom is -0.237 e. The normalized spacial score (nSPS) is 16.7. The second-order valence-corrected chi connectivity index (χ2v) is 7.10. The maximum atomic E-state index is 4.43. The van der Waals surface area contributed by atoms with Gasteiger partial charge in [-0.3, -0.25) is 0 Å². The van der Waals surface area contributed by atoms with Crippen molar-refractivity contribution in [2.45, 2.75) is 25.7 Å². The summed E-state index contributed by atoms with van der Waals surface area (Å²) in [6.45, 7) is 2.21. The molecule has 0 spiro atoms. The average molecular weight is 409 g/mol. The predicted octanol–water partition coefficient (Wildman–Crippen LogP) is 4.78. The lowest BCUT2D eigenvalue weighted by atomic mass is 10.0. The van der Waals surface area contributed by atoms with Crippen LogP contribution < -0.4 is 0 Å². The maximum absolute atomic E-state index is 4.43. The molecule has 2 aromatic rings. The zero-order chi connectivity index (χ0) is 11.3. The maximum Gasteiger partial charge on any atom is 0.0743 e. The van der Waals surface area contributed by atoms with Crippen LogP contribution in [-0.2, 0) is 0 Å². The van der Waals surface area contributed by atoms with E-state index < -0.39 is 0 Å². The van der Waals surface area contributed by atoms with E-state index in [9.17, 15) is 0 Å². The molecule has 1 heterocycles. The monoisotopic (exact) mass is 408 g/mol. The molecule has 84 valence electrons. The Morgan fingerprint density at radius 3 is 2.94 bits per heavy atom. The van der Waals surface area contributed by atoms with Crippen molar-refractivity contribution in [3.63, 3.8) is 0 Å². The molecule has 5 heteroatoms. The minimum atomic E-state index is 0.663. The molecule has 1 atom stereocenters. The topological polar surface area (TPSA) is 17.8 Å². The number of aromatic nitrogens is 2. The van der Waals surface area contributed by atoms with Crippen molar-refractivity contribution in [2.75, 3.05) is 0 Å². The molecule has 1 saturated carbocycles. The molecule has 1 fully saturated rings. The second-order valence-electron chi connectivity index (χ2n) is 4.27. The molecule has 1 aromatic heterocycles. The summed E-state index contributed by atoms with van der Waals surface area (Å²) in [5.74, 6) is 0.782. The third-order valence-electron chi connectivity index (χ3n) is 3.12. The van der Waals surface area contributed by atoms with E-state index in [-0.39, 0.29) is 0 Å². The molecule has 0 aliphatic heterocycles. The first-order chi connectivity index (χ1) is 7.72. The summed E-state index contributed by atoms with van der Waals surface area (Å²) >= 11 is 6.13. The van der Waals surface area contributed by atoms with Crippen molar-refractivity contribution in [1.29, 1.82) is 0 Å². The van der Waals surface area contributed by atoms with Crippen molar-refractivity contribution in [3.8, 4) is 0 Å². The van der Waals surface area contributed by atoms with Crippen LogP contribution in [0.25, 0.3) is 10.9 Å². The fourth-order valence-electron chi connectivity index (χ4n) is 2.21. The Kier molecular flexibility index (Phi) is 3.01. The van der Waals surface area contributed by atoms with Crippen LogP contribution in [-0.4, -0.2) is 9.55 Å². The molecule has 1 aromatic carbocycles. The highest BCUT2D eigenvalue weighted by molar-refractivity contribution is 14.2. The van der Waals surface area contributed by atoms with E-state index in [1.165, 1.54) is 39.3 Å². The van der Waals surface area contributed by atoms with Gasteiger partial charge in [-0.05, 0) is 80.8 Å². The third-order valence-corrected chi connectivity index (χ3v) is 5.86. The van der Waals surface area contributed by atoms with E-state index in [1.54, 1.807) is 0 Å². The molecule has 0 radical (unpaired) electrons. The van der Waals surface area contributed by atoms with Gasteiger partial charge in [0.1, 0.15) is 0 Å². The second kappa shape index (κ2) is 4.21. The van der Waals surface area contributed by atoms with Gasteiger partial charge in [-0.1, -0.05) is 0 Å². The molecule has 3 rings (SSSR count). The van der Waals surface area contributed by atoms with Crippen molar-refractivity contribution in [1.82, 2.24) is 9.55 Å². The summed E-state index contributed by atoms with van der Waals surface area (Å²) in [4.78, 5) is 0. The molecule has 0 amide bonds. The van der Waals surface area contributed by atoms with Crippen molar-refractivity contribution in [2.24, 2.45) is 0 Å². The van der Waals surface area contributed by atoms with E-state index in [1.807, 2.05) is 6.20 Å². The Labute approximate surface area is 118 Å². The average Bonchev–Trinajstić information content (AvgIpc) is 2.99. The van der Waals surface area contributed by atoms with Crippen LogP contribution in [0.1, 0.15) is 29.9 Å². The van der Waals surface area contributed by atoms with Crippen molar-refractivity contribution < 1.29 is 0 Å². The number of hydrogen-bond donors (Lipinski definition) is 0. The number of fused-ring (bicyclic) bond motifs is 1. The summed E-state index contributed by atoms with van der Waals surface area (Å²) in [7, 11) is 0. The summed E-state index contributed by atoms with van der Waals surface area (Å²) in [5.41, 5.74) is 4.16. The number of hydrogen-bond acceptors (Lipinski definition) is 1. The first-order valence-electron chi connectivity index (χ1n) is 5.25. The summed E-state index contributed by atoms with van der Waals surface area (Å²) < 4.78 is 3.34. The molecule has 1 aliphatic carbocycles. The Morgan fingerprint density at radius 1 is 1.56 bits per heavy atom. The number of benzene rings is 1. The van der Waals surface area contributed by atoms with Crippen LogP contribution in [0.2, 0.25) is 0 Å². The third kappa shape index (κ3) is 1.73. The van der Waals surface area contributed by atoms with Gasteiger partial charge in [0.05, 0.1) is 18.1 Å². The van der Waals surface area contributed by atoms with Crippen LogP contribution in [0, 0.1) is 6.92 Å². The fraction of sp³-hybridized carbons (Fsp3) is 0.364. The van der Waals surface area contributed by atoms with Crippen LogP contribution in [0.5, 0.6) is 0 Å². The van der Waals surface area contributed by atoms with Gasteiger partial charge in [0.2, 0.25) is 0 Å².